The summed E-state index contributed by atoms with van der Waals surface area (Å²) >= 11 is 0. The number of sulfone groups is 1. The van der Waals surface area contributed by atoms with E-state index in [0.717, 1.165) is 36.1 Å². The van der Waals surface area contributed by atoms with Gasteiger partial charge < -0.3 is 5.11 Å². The van der Waals surface area contributed by atoms with E-state index in [2.05, 4.69) is 41.3 Å². The number of rotatable bonds is 8. The van der Waals surface area contributed by atoms with Crippen LogP contribution in [0.15, 0.2) is 126 Å². The summed E-state index contributed by atoms with van der Waals surface area (Å²) in [5.41, 5.74) is 2.59. The lowest BCUT2D eigenvalue weighted by molar-refractivity contribution is 0.0451. The molecule has 184 valence electrons. The van der Waals surface area contributed by atoms with E-state index in [4.69, 9.17) is 0 Å². The number of benzene rings is 4. The van der Waals surface area contributed by atoms with Gasteiger partial charge in [0.25, 0.3) is 0 Å². The lowest BCUT2D eigenvalue weighted by Gasteiger charge is -2.47. The second-order valence-corrected chi connectivity index (χ2v) is 11.4. The van der Waals surface area contributed by atoms with Crippen LogP contribution in [0.5, 0.6) is 0 Å². The van der Waals surface area contributed by atoms with Crippen LogP contribution in [0.2, 0.25) is 0 Å². The van der Waals surface area contributed by atoms with Crippen LogP contribution in [-0.4, -0.2) is 42.9 Å². The predicted molar refractivity (Wildman–Crippen MR) is 143 cm³/mol. The third kappa shape index (κ3) is 4.50. The first-order valence-electron chi connectivity index (χ1n) is 12.4. The summed E-state index contributed by atoms with van der Waals surface area (Å²) in [4.78, 5) is 2.58. The van der Waals surface area contributed by atoms with Gasteiger partial charge >= 0.3 is 0 Å². The molecule has 4 aromatic carbocycles. The Morgan fingerprint density at radius 1 is 0.722 bits per heavy atom. The zero-order valence-electron chi connectivity index (χ0n) is 20.1. The molecule has 2 atom stereocenters. The highest BCUT2D eigenvalue weighted by atomic mass is 32.2. The van der Waals surface area contributed by atoms with E-state index in [1.807, 2.05) is 54.6 Å². The van der Waals surface area contributed by atoms with Crippen molar-refractivity contribution in [2.45, 2.75) is 35.4 Å². The lowest BCUT2D eigenvalue weighted by Crippen LogP contribution is -2.54. The maximum atomic E-state index is 13.2. The van der Waals surface area contributed by atoms with Crippen LogP contribution in [0.3, 0.4) is 0 Å². The van der Waals surface area contributed by atoms with E-state index < -0.39 is 21.5 Å². The number of aliphatic hydroxyl groups is 1. The van der Waals surface area contributed by atoms with Crippen molar-refractivity contribution in [3.8, 4) is 0 Å². The van der Waals surface area contributed by atoms with Gasteiger partial charge in [0.1, 0.15) is 0 Å². The van der Waals surface area contributed by atoms with Gasteiger partial charge in [0.15, 0.2) is 9.84 Å². The molecule has 1 N–H and O–H groups in total. The van der Waals surface area contributed by atoms with Crippen molar-refractivity contribution in [1.29, 1.82) is 0 Å². The van der Waals surface area contributed by atoms with Gasteiger partial charge in [-0.1, -0.05) is 109 Å². The smallest absolute Gasteiger partial charge is 0.180 e. The number of nitrogens with zero attached hydrogens (tertiary/aromatic N) is 1. The van der Waals surface area contributed by atoms with Crippen molar-refractivity contribution in [1.82, 2.24) is 4.90 Å². The molecule has 1 heterocycles. The van der Waals surface area contributed by atoms with E-state index in [0.29, 0.717) is 0 Å². The molecular formula is C31H31NO3S. The molecule has 0 spiro atoms. The van der Waals surface area contributed by atoms with E-state index in [9.17, 15) is 13.5 Å². The van der Waals surface area contributed by atoms with Crippen molar-refractivity contribution in [2.24, 2.45) is 0 Å². The molecule has 5 rings (SSSR count). The van der Waals surface area contributed by atoms with Crippen LogP contribution >= 0.6 is 0 Å². The Kier molecular flexibility index (Phi) is 7.06. The molecule has 0 amide bonds. The van der Waals surface area contributed by atoms with Crippen LogP contribution in [-0.2, 0) is 15.4 Å². The first-order valence-corrected chi connectivity index (χ1v) is 14.1. The summed E-state index contributed by atoms with van der Waals surface area (Å²) in [5.74, 6) is -0.313. The minimum absolute atomic E-state index is 0.244. The summed E-state index contributed by atoms with van der Waals surface area (Å²) in [5, 5.41) is 11.5. The first kappa shape index (κ1) is 24.4. The SMILES string of the molecule is O=S(=O)(C[C@H](O)[C@@H]1CCCN1C(c1ccccc1)(c1ccccc1)c1ccccc1)c1ccccc1. The van der Waals surface area contributed by atoms with E-state index >= 15 is 0 Å². The fourth-order valence-electron chi connectivity index (χ4n) is 5.70. The number of hydrogen-bond acceptors (Lipinski definition) is 4. The predicted octanol–water partition coefficient (Wildman–Crippen LogP) is 5.28. The van der Waals surface area contributed by atoms with Crippen LogP contribution in [0.25, 0.3) is 0 Å². The van der Waals surface area contributed by atoms with Gasteiger partial charge in [-0.25, -0.2) is 8.42 Å². The van der Waals surface area contributed by atoms with Gasteiger partial charge in [0.05, 0.1) is 22.3 Å². The highest BCUT2D eigenvalue weighted by Crippen LogP contribution is 2.46. The quantitative estimate of drug-likeness (QED) is 0.337. The Bertz CT molecular complexity index is 1260. The van der Waals surface area contributed by atoms with Gasteiger partial charge in [-0.2, -0.15) is 0 Å². The van der Waals surface area contributed by atoms with Crippen LogP contribution in [0.1, 0.15) is 29.5 Å². The fourth-order valence-corrected chi connectivity index (χ4v) is 7.14. The Morgan fingerprint density at radius 3 is 1.58 bits per heavy atom. The maximum Gasteiger partial charge on any atom is 0.180 e. The average molecular weight is 498 g/mol. The molecule has 0 bridgehead atoms. The molecule has 5 heteroatoms. The molecule has 1 aliphatic rings. The van der Waals surface area contributed by atoms with Crippen LogP contribution < -0.4 is 0 Å². The normalized spacial score (nSPS) is 17.6. The summed E-state index contributed by atoms with van der Waals surface area (Å²) in [6.45, 7) is 0.742. The van der Waals surface area contributed by atoms with Crippen molar-refractivity contribution in [3.05, 3.63) is 138 Å². The third-order valence-electron chi connectivity index (χ3n) is 7.24. The van der Waals surface area contributed by atoms with Gasteiger partial charge in [-0.3, -0.25) is 4.90 Å². The molecule has 0 aliphatic carbocycles. The first-order chi connectivity index (χ1) is 17.5. The summed E-state index contributed by atoms with van der Waals surface area (Å²) in [6, 6.07) is 39.1. The van der Waals surface area contributed by atoms with Crippen LogP contribution in [0.4, 0.5) is 0 Å². The second kappa shape index (κ2) is 10.4. The molecule has 1 aliphatic heterocycles. The van der Waals surface area contributed by atoms with Gasteiger partial charge in [-0.05, 0) is 41.7 Å². The van der Waals surface area contributed by atoms with Gasteiger partial charge in [0, 0.05) is 12.6 Å². The van der Waals surface area contributed by atoms with Gasteiger partial charge in [0.2, 0.25) is 0 Å². The van der Waals surface area contributed by atoms with E-state index in [1.165, 1.54) is 0 Å². The van der Waals surface area contributed by atoms with Gasteiger partial charge in [-0.15, -0.1) is 0 Å². The zero-order chi connectivity index (χ0) is 25.0. The summed E-state index contributed by atoms with van der Waals surface area (Å²) in [6.07, 6.45) is 0.564. The monoisotopic (exact) mass is 497 g/mol. The molecule has 0 aromatic heterocycles. The van der Waals surface area contributed by atoms with Crippen molar-refractivity contribution in [2.75, 3.05) is 12.3 Å². The van der Waals surface area contributed by atoms with E-state index in [-0.39, 0.29) is 16.7 Å². The maximum absolute atomic E-state index is 13.2. The zero-order valence-corrected chi connectivity index (χ0v) is 21.0. The van der Waals surface area contributed by atoms with Crippen molar-refractivity contribution >= 4 is 9.84 Å². The molecule has 0 saturated carbocycles. The fraction of sp³-hybridized carbons (Fsp3) is 0.226. The lowest BCUT2D eigenvalue weighted by atomic mass is 9.75. The van der Waals surface area contributed by atoms with Crippen molar-refractivity contribution in [3.63, 3.8) is 0 Å². The Balaban J connectivity index is 1.64. The molecule has 0 radical (unpaired) electrons. The Hall–Kier alpha value is -3.25. The highest BCUT2D eigenvalue weighted by molar-refractivity contribution is 7.91. The molecule has 4 nitrogen and oxygen atoms in total. The summed E-state index contributed by atoms with van der Waals surface area (Å²) in [7, 11) is -3.64. The number of aliphatic hydroxyl groups excluding tert-OH is 1. The molecule has 1 saturated heterocycles. The standard InChI is InChI=1S/C31H31NO3S/c33-30(24-36(34,35)28-20-11-4-12-21-28)29-22-13-23-32(29)31(25-14-5-1-6-15-25,26-16-7-2-8-17-26)27-18-9-3-10-19-27/h1-12,14-21,29-30,33H,13,22-24H2/t29-,30-/m0/s1. The molecule has 0 unspecified atom stereocenters. The Labute approximate surface area is 213 Å². The number of hydrogen-bond donors (Lipinski definition) is 1. The average Bonchev–Trinajstić information content (AvgIpc) is 3.42. The Morgan fingerprint density at radius 2 is 1.14 bits per heavy atom. The number of likely N-dealkylation sites (tertiary alicyclic amines) is 1. The highest BCUT2D eigenvalue weighted by Gasteiger charge is 2.49. The molecule has 36 heavy (non-hydrogen) atoms. The largest absolute Gasteiger partial charge is 0.390 e. The molecule has 4 aromatic rings. The molecule has 1 fully saturated rings. The minimum Gasteiger partial charge on any atom is -0.390 e. The van der Waals surface area contributed by atoms with E-state index in [1.54, 1.807) is 30.3 Å². The minimum atomic E-state index is -3.64. The van der Waals surface area contributed by atoms with Crippen LogP contribution in [0, 0.1) is 0 Å². The topological polar surface area (TPSA) is 57.6 Å². The molecular weight excluding hydrogens is 466 g/mol. The second-order valence-electron chi connectivity index (χ2n) is 9.37. The third-order valence-corrected chi connectivity index (χ3v) is 9.01. The van der Waals surface area contributed by atoms with Crippen molar-refractivity contribution < 1.29 is 13.5 Å². The summed E-state index contributed by atoms with van der Waals surface area (Å²) < 4.78 is 26.4.